The van der Waals surface area contributed by atoms with Crippen LogP contribution in [0.25, 0.3) is 6.08 Å². The van der Waals surface area contributed by atoms with Crippen LogP contribution in [0, 0.1) is 3.57 Å². The molecule has 1 N–H and O–H groups in total. The second kappa shape index (κ2) is 11.5. The molecule has 1 aliphatic rings. The smallest absolute Gasteiger partial charge is 0.338 e. The highest BCUT2D eigenvalue weighted by Crippen LogP contribution is 2.42. The number of benzene rings is 2. The summed E-state index contributed by atoms with van der Waals surface area (Å²) in [5, 5.41) is 10.6. The van der Waals surface area contributed by atoms with Crippen LogP contribution >= 0.6 is 49.9 Å². The number of methoxy groups -OCH3 is 3. The topological polar surface area (TPSA) is 109 Å². The average Bonchev–Trinajstić information content (AvgIpc) is 3.19. The molecule has 200 valence electrons. The Morgan fingerprint density at radius 2 is 1.84 bits per heavy atom. The SMILES string of the molecule is CCOC(=O)C1=C(C)N=c2s/c(=C/c3cc(Br)cc(I)c3O)c(=O)n2[C@@H]1c1cc(OC)c(OC)c(OC)c1. The van der Waals surface area contributed by atoms with Gasteiger partial charge in [0.25, 0.3) is 5.56 Å². The highest BCUT2D eigenvalue weighted by molar-refractivity contribution is 14.1. The van der Waals surface area contributed by atoms with Gasteiger partial charge in [0.05, 0.1) is 53.4 Å². The van der Waals surface area contributed by atoms with Crippen molar-refractivity contribution in [2.24, 2.45) is 4.99 Å². The molecule has 9 nitrogen and oxygen atoms in total. The van der Waals surface area contributed by atoms with Crippen LogP contribution in [0.1, 0.15) is 31.0 Å². The first-order valence-electron chi connectivity index (χ1n) is 11.3. The summed E-state index contributed by atoms with van der Waals surface area (Å²) in [6.07, 6.45) is 1.61. The van der Waals surface area contributed by atoms with Gasteiger partial charge >= 0.3 is 5.97 Å². The van der Waals surface area contributed by atoms with Crippen molar-refractivity contribution in [1.82, 2.24) is 4.57 Å². The van der Waals surface area contributed by atoms with Gasteiger partial charge in [0.2, 0.25) is 5.75 Å². The lowest BCUT2D eigenvalue weighted by atomic mass is 9.95. The number of hydrogen-bond donors (Lipinski definition) is 1. The summed E-state index contributed by atoms with van der Waals surface area (Å²) in [5.74, 6) is 0.598. The minimum atomic E-state index is -0.877. The number of rotatable bonds is 7. The lowest BCUT2D eigenvalue weighted by molar-refractivity contribution is -0.139. The van der Waals surface area contributed by atoms with Crippen molar-refractivity contribution in [1.29, 1.82) is 0 Å². The molecule has 0 saturated carbocycles. The monoisotopic (exact) mass is 714 g/mol. The predicted octanol–water partition coefficient (Wildman–Crippen LogP) is 3.90. The lowest BCUT2D eigenvalue weighted by Gasteiger charge is -2.26. The molecule has 0 bridgehead atoms. The van der Waals surface area contributed by atoms with Gasteiger partial charge in [-0.15, -0.1) is 0 Å². The molecule has 0 spiro atoms. The van der Waals surface area contributed by atoms with E-state index in [1.54, 1.807) is 44.2 Å². The Morgan fingerprint density at radius 1 is 1.18 bits per heavy atom. The van der Waals surface area contributed by atoms with E-state index in [2.05, 4.69) is 20.9 Å². The molecule has 2 heterocycles. The summed E-state index contributed by atoms with van der Waals surface area (Å²) < 4.78 is 25.1. The Hall–Kier alpha value is -2.84. The first-order chi connectivity index (χ1) is 18.1. The van der Waals surface area contributed by atoms with Crippen LogP contribution < -0.4 is 29.1 Å². The normalized spacial score (nSPS) is 15.1. The van der Waals surface area contributed by atoms with Crippen molar-refractivity contribution in [2.45, 2.75) is 19.9 Å². The van der Waals surface area contributed by atoms with Crippen LogP contribution in [0.15, 0.2) is 49.8 Å². The van der Waals surface area contributed by atoms with Crippen molar-refractivity contribution in [3.63, 3.8) is 0 Å². The molecule has 38 heavy (non-hydrogen) atoms. The van der Waals surface area contributed by atoms with Gasteiger partial charge in [-0.05, 0) is 72.3 Å². The second-order valence-electron chi connectivity index (χ2n) is 8.09. The number of thiazole rings is 1. The molecule has 2 aromatic carbocycles. The molecular weight excluding hydrogens is 691 g/mol. The average molecular weight is 715 g/mol. The molecule has 3 aromatic rings. The standard InChI is InChI=1S/C26H24BrIN2O7S/c1-6-37-25(33)20-12(2)29-26-30(21(20)13-8-17(34-3)23(36-5)18(9-13)35-4)24(32)19(38-26)10-14-7-15(27)11-16(28)22(14)31/h7-11,21,31H,6H2,1-5H3/b19-10+/t21-/m1/s1. The minimum Gasteiger partial charge on any atom is -0.506 e. The maximum absolute atomic E-state index is 13.9. The first kappa shape index (κ1) is 28.2. The molecule has 0 unspecified atom stereocenters. The zero-order chi connectivity index (χ0) is 27.7. The van der Waals surface area contributed by atoms with Gasteiger partial charge in [-0.1, -0.05) is 27.3 Å². The molecule has 4 rings (SSSR count). The first-order valence-corrected chi connectivity index (χ1v) is 14.0. The van der Waals surface area contributed by atoms with E-state index in [-0.39, 0.29) is 23.5 Å². The Labute approximate surface area is 244 Å². The molecule has 1 atom stereocenters. The van der Waals surface area contributed by atoms with E-state index >= 15 is 0 Å². The maximum atomic E-state index is 13.9. The van der Waals surface area contributed by atoms with E-state index in [4.69, 9.17) is 18.9 Å². The molecule has 0 aliphatic carbocycles. The summed E-state index contributed by atoms with van der Waals surface area (Å²) in [4.78, 5) is 32.0. The number of phenolic OH excluding ortho intramolecular Hbond substituents is 1. The number of aromatic hydroxyl groups is 1. The quantitative estimate of drug-likeness (QED) is 0.292. The number of halogens is 2. The molecule has 0 fully saturated rings. The van der Waals surface area contributed by atoms with Crippen molar-refractivity contribution in [3.05, 3.63) is 74.4 Å². The van der Waals surface area contributed by atoms with E-state index in [9.17, 15) is 14.7 Å². The lowest BCUT2D eigenvalue weighted by Crippen LogP contribution is -2.40. The number of carbonyl (C=O) groups is 1. The molecule has 0 saturated heterocycles. The van der Waals surface area contributed by atoms with Gasteiger partial charge in [0.1, 0.15) is 5.75 Å². The van der Waals surface area contributed by atoms with Crippen molar-refractivity contribution >= 4 is 61.9 Å². The van der Waals surface area contributed by atoms with Crippen molar-refractivity contribution < 1.29 is 28.8 Å². The fourth-order valence-electron chi connectivity index (χ4n) is 4.20. The van der Waals surface area contributed by atoms with Gasteiger partial charge in [-0.2, -0.15) is 0 Å². The van der Waals surface area contributed by atoms with Gasteiger partial charge < -0.3 is 24.1 Å². The Kier molecular flexibility index (Phi) is 8.52. The molecule has 1 aromatic heterocycles. The summed E-state index contributed by atoms with van der Waals surface area (Å²) in [6.45, 7) is 3.57. The second-order valence-corrected chi connectivity index (χ2v) is 11.2. The highest BCUT2D eigenvalue weighted by Gasteiger charge is 2.34. The summed E-state index contributed by atoms with van der Waals surface area (Å²) >= 11 is 6.62. The van der Waals surface area contributed by atoms with E-state index < -0.39 is 12.0 Å². The predicted molar refractivity (Wildman–Crippen MR) is 155 cm³/mol. The Balaban J connectivity index is 2.04. The molecule has 0 amide bonds. The number of carbonyl (C=O) groups excluding carboxylic acids is 1. The largest absolute Gasteiger partial charge is 0.506 e. The Bertz CT molecular complexity index is 1620. The number of ether oxygens (including phenoxy) is 4. The van der Waals surface area contributed by atoms with Gasteiger partial charge in [0, 0.05) is 10.0 Å². The fourth-order valence-corrected chi connectivity index (χ4v) is 6.79. The van der Waals surface area contributed by atoms with E-state index in [1.165, 1.54) is 25.9 Å². The number of fused-ring (bicyclic) bond motifs is 1. The Morgan fingerprint density at radius 3 is 2.42 bits per heavy atom. The van der Waals surface area contributed by atoms with Crippen molar-refractivity contribution in [3.8, 4) is 23.0 Å². The van der Waals surface area contributed by atoms with E-state index in [1.807, 2.05) is 22.6 Å². The summed E-state index contributed by atoms with van der Waals surface area (Å²) in [5.41, 5.74) is 1.29. The van der Waals surface area contributed by atoms with Crippen LogP contribution in [0.4, 0.5) is 0 Å². The van der Waals surface area contributed by atoms with Crippen LogP contribution in [0.2, 0.25) is 0 Å². The van der Waals surface area contributed by atoms with Crippen molar-refractivity contribution in [2.75, 3.05) is 27.9 Å². The number of nitrogens with zero attached hydrogens (tertiary/aromatic N) is 2. The molecule has 12 heteroatoms. The fraction of sp³-hybridized carbons (Fsp3) is 0.269. The minimum absolute atomic E-state index is 0.0595. The maximum Gasteiger partial charge on any atom is 0.338 e. The number of hydrogen-bond acceptors (Lipinski definition) is 9. The van der Waals surface area contributed by atoms with Crippen LogP contribution in [0.3, 0.4) is 0 Å². The zero-order valence-electron chi connectivity index (χ0n) is 21.1. The van der Waals surface area contributed by atoms with Crippen LogP contribution in [-0.2, 0) is 9.53 Å². The van der Waals surface area contributed by atoms with Crippen LogP contribution in [-0.4, -0.2) is 43.6 Å². The summed E-state index contributed by atoms with van der Waals surface area (Å²) in [6, 6.07) is 6.01. The number of phenols is 1. The highest BCUT2D eigenvalue weighted by atomic mass is 127. The van der Waals surface area contributed by atoms with Gasteiger partial charge in [-0.25, -0.2) is 9.79 Å². The number of esters is 1. The van der Waals surface area contributed by atoms with E-state index in [0.717, 1.165) is 15.8 Å². The number of aromatic nitrogens is 1. The van der Waals surface area contributed by atoms with Gasteiger partial charge in [0.15, 0.2) is 16.3 Å². The third-order valence-corrected chi connectivity index (χ3v) is 8.13. The van der Waals surface area contributed by atoms with E-state index in [0.29, 0.717) is 47.0 Å². The zero-order valence-corrected chi connectivity index (χ0v) is 25.7. The summed E-state index contributed by atoms with van der Waals surface area (Å²) in [7, 11) is 4.48. The molecule has 0 radical (unpaired) electrons. The third-order valence-electron chi connectivity index (χ3n) is 5.86. The van der Waals surface area contributed by atoms with Gasteiger partial charge in [-0.3, -0.25) is 9.36 Å². The molecule has 1 aliphatic heterocycles. The molecular formula is C26H24BrIN2O7S. The third kappa shape index (κ3) is 5.08. The number of allylic oxidation sites excluding steroid dienone is 1. The van der Waals surface area contributed by atoms with Crippen LogP contribution in [0.5, 0.6) is 23.0 Å².